The molecule has 0 fully saturated rings. The molecule has 0 saturated carbocycles. The van der Waals surface area contributed by atoms with Gasteiger partial charge in [-0.15, -0.1) is 0 Å². The average Bonchev–Trinajstić information content (AvgIpc) is 3.06. The molecule has 154 valence electrons. The van der Waals surface area contributed by atoms with Crippen LogP contribution in [0.2, 0.25) is 5.02 Å². The van der Waals surface area contributed by atoms with Gasteiger partial charge in [-0.25, -0.2) is 4.98 Å². The van der Waals surface area contributed by atoms with Crippen LogP contribution in [0.5, 0.6) is 5.75 Å². The number of halogens is 1. The summed E-state index contributed by atoms with van der Waals surface area (Å²) in [6.07, 6.45) is 1.12. The van der Waals surface area contributed by atoms with Gasteiger partial charge in [-0.1, -0.05) is 35.5 Å². The van der Waals surface area contributed by atoms with Gasteiger partial charge in [0.2, 0.25) is 0 Å². The molecular weight excluding hydrogens is 408 g/mol. The fraction of sp³-hybridized carbons (Fsp3) is 0.364. The lowest BCUT2D eigenvalue weighted by Gasteiger charge is -2.10. The number of fused-ring (bicyclic) bond motifs is 1. The van der Waals surface area contributed by atoms with Crippen molar-refractivity contribution in [3.63, 3.8) is 0 Å². The van der Waals surface area contributed by atoms with Crippen LogP contribution >= 0.6 is 23.4 Å². The summed E-state index contributed by atoms with van der Waals surface area (Å²) in [5, 5.41) is 1.68. The van der Waals surface area contributed by atoms with Gasteiger partial charge < -0.3 is 14.0 Å². The van der Waals surface area contributed by atoms with Crippen molar-refractivity contribution in [3.05, 3.63) is 53.1 Å². The maximum Gasteiger partial charge on any atom is 0.305 e. The van der Waals surface area contributed by atoms with Crippen LogP contribution in [0.15, 0.2) is 47.6 Å². The molecule has 29 heavy (non-hydrogen) atoms. The maximum atomic E-state index is 11.6. The zero-order chi connectivity index (χ0) is 20.6. The second-order valence-electron chi connectivity index (χ2n) is 6.55. The van der Waals surface area contributed by atoms with E-state index >= 15 is 0 Å². The van der Waals surface area contributed by atoms with E-state index in [1.54, 1.807) is 11.8 Å². The number of carbonyl (C=O) groups excluding carboxylic acids is 1. The number of hydrogen-bond acceptors (Lipinski definition) is 5. The summed E-state index contributed by atoms with van der Waals surface area (Å²) in [6.45, 7) is 5.49. The number of carbonyl (C=O) groups is 1. The molecule has 0 atom stereocenters. The van der Waals surface area contributed by atoms with Gasteiger partial charge in [0.05, 0.1) is 24.2 Å². The minimum Gasteiger partial charge on any atom is -0.493 e. The number of benzene rings is 2. The molecule has 3 rings (SSSR count). The summed E-state index contributed by atoms with van der Waals surface area (Å²) in [5.74, 6) is 1.43. The van der Waals surface area contributed by atoms with Gasteiger partial charge >= 0.3 is 5.97 Å². The van der Waals surface area contributed by atoms with Gasteiger partial charge in [-0.05, 0) is 56.2 Å². The Morgan fingerprint density at radius 3 is 2.86 bits per heavy atom. The molecular formula is C22H25ClN2O3S. The first kappa shape index (κ1) is 21.5. The first-order valence-corrected chi connectivity index (χ1v) is 11.1. The fourth-order valence-corrected chi connectivity index (χ4v) is 3.97. The number of nitrogens with zero attached hydrogens (tertiary/aromatic N) is 2. The lowest BCUT2D eigenvalue weighted by molar-refractivity contribution is -0.143. The van der Waals surface area contributed by atoms with E-state index in [0.717, 1.165) is 44.8 Å². The number of imidazole rings is 1. The van der Waals surface area contributed by atoms with Gasteiger partial charge in [0.1, 0.15) is 5.75 Å². The van der Waals surface area contributed by atoms with Crippen molar-refractivity contribution >= 4 is 40.4 Å². The van der Waals surface area contributed by atoms with Crippen molar-refractivity contribution in [2.45, 2.75) is 38.4 Å². The predicted molar refractivity (Wildman–Crippen MR) is 118 cm³/mol. The molecule has 0 bridgehead atoms. The van der Waals surface area contributed by atoms with E-state index in [9.17, 15) is 4.79 Å². The topological polar surface area (TPSA) is 53.4 Å². The molecule has 0 aliphatic carbocycles. The van der Waals surface area contributed by atoms with Crippen molar-refractivity contribution in [3.8, 4) is 5.75 Å². The maximum absolute atomic E-state index is 11.6. The predicted octanol–water partition coefficient (Wildman–Crippen LogP) is 5.51. The average molecular weight is 433 g/mol. The molecule has 5 nitrogen and oxygen atoms in total. The van der Waals surface area contributed by atoms with E-state index in [1.165, 1.54) is 0 Å². The van der Waals surface area contributed by atoms with Crippen molar-refractivity contribution in [1.29, 1.82) is 0 Å². The third kappa shape index (κ3) is 5.90. The number of thioether (sulfide) groups is 1. The molecule has 0 amide bonds. The van der Waals surface area contributed by atoms with Gasteiger partial charge in [-0.3, -0.25) is 4.79 Å². The Hall–Kier alpha value is -2.18. The van der Waals surface area contributed by atoms with E-state index in [-0.39, 0.29) is 5.97 Å². The Morgan fingerprint density at radius 1 is 1.24 bits per heavy atom. The van der Waals surface area contributed by atoms with Crippen molar-refractivity contribution in [2.24, 2.45) is 0 Å². The van der Waals surface area contributed by atoms with Crippen LogP contribution in [0.25, 0.3) is 11.0 Å². The summed E-state index contributed by atoms with van der Waals surface area (Å²) in [6, 6.07) is 13.7. The van der Waals surface area contributed by atoms with Gasteiger partial charge in [-0.2, -0.15) is 0 Å². The summed E-state index contributed by atoms with van der Waals surface area (Å²) >= 11 is 7.71. The fourth-order valence-electron chi connectivity index (χ4n) is 2.99. The second kappa shape index (κ2) is 10.6. The van der Waals surface area contributed by atoms with E-state index < -0.39 is 0 Å². The summed E-state index contributed by atoms with van der Waals surface area (Å²) in [7, 11) is 0. The van der Waals surface area contributed by atoms with Gasteiger partial charge in [0.25, 0.3) is 0 Å². The molecule has 2 aromatic carbocycles. The molecule has 0 aliphatic heterocycles. The lowest BCUT2D eigenvalue weighted by Crippen LogP contribution is -2.07. The van der Waals surface area contributed by atoms with E-state index in [2.05, 4.69) is 10.6 Å². The summed E-state index contributed by atoms with van der Waals surface area (Å²) in [4.78, 5) is 16.4. The number of esters is 1. The highest BCUT2D eigenvalue weighted by molar-refractivity contribution is 7.99. The Labute approximate surface area is 180 Å². The number of para-hydroxylation sites is 2. The highest BCUT2D eigenvalue weighted by Crippen LogP contribution is 2.25. The third-order valence-electron chi connectivity index (χ3n) is 4.40. The van der Waals surface area contributed by atoms with Crippen LogP contribution in [0.1, 0.15) is 25.3 Å². The zero-order valence-electron chi connectivity index (χ0n) is 16.7. The Kier molecular flexibility index (Phi) is 7.83. The molecule has 1 heterocycles. The zero-order valence-corrected chi connectivity index (χ0v) is 18.3. The molecule has 0 saturated heterocycles. The molecule has 0 radical (unpaired) electrons. The Balaban J connectivity index is 1.60. The van der Waals surface area contributed by atoms with Crippen molar-refractivity contribution < 1.29 is 14.3 Å². The number of rotatable bonds is 10. The standard InChI is InChI=1S/C22H25ClN2O3S/c1-3-27-21(26)9-6-12-25-20-8-5-4-7-19(20)24-22(25)29-14-13-28-17-10-11-18(23)16(2)15-17/h4-5,7-8,10-11,15H,3,6,9,12-14H2,1-2H3. The molecule has 0 N–H and O–H groups in total. The second-order valence-corrected chi connectivity index (χ2v) is 8.02. The lowest BCUT2D eigenvalue weighted by atomic mass is 10.2. The highest BCUT2D eigenvalue weighted by atomic mass is 35.5. The number of ether oxygens (including phenoxy) is 2. The third-order valence-corrected chi connectivity index (χ3v) is 5.76. The summed E-state index contributed by atoms with van der Waals surface area (Å²) < 4.78 is 13.0. The van der Waals surface area contributed by atoms with Crippen molar-refractivity contribution in [1.82, 2.24) is 9.55 Å². The van der Waals surface area contributed by atoms with Crippen LogP contribution in [-0.2, 0) is 16.1 Å². The molecule has 0 unspecified atom stereocenters. The first-order chi connectivity index (χ1) is 14.1. The minimum atomic E-state index is -0.155. The van der Waals surface area contributed by atoms with E-state index in [0.29, 0.717) is 26.1 Å². The van der Waals surface area contributed by atoms with Crippen LogP contribution in [0, 0.1) is 6.92 Å². The molecule has 0 aliphatic rings. The number of aromatic nitrogens is 2. The van der Waals surface area contributed by atoms with Crippen LogP contribution in [0.4, 0.5) is 0 Å². The summed E-state index contributed by atoms with van der Waals surface area (Å²) in [5.41, 5.74) is 3.04. The highest BCUT2D eigenvalue weighted by Gasteiger charge is 2.12. The van der Waals surface area contributed by atoms with Crippen LogP contribution in [0.3, 0.4) is 0 Å². The van der Waals surface area contributed by atoms with Gasteiger partial charge in [0, 0.05) is 23.7 Å². The normalized spacial score (nSPS) is 11.0. The van der Waals surface area contributed by atoms with E-state index in [1.807, 2.05) is 50.2 Å². The Bertz CT molecular complexity index is 974. The van der Waals surface area contributed by atoms with Crippen LogP contribution in [-0.4, -0.2) is 34.5 Å². The molecule has 0 spiro atoms. The monoisotopic (exact) mass is 432 g/mol. The molecule has 7 heteroatoms. The number of hydrogen-bond donors (Lipinski definition) is 0. The number of aryl methyl sites for hydroxylation is 2. The largest absolute Gasteiger partial charge is 0.493 e. The van der Waals surface area contributed by atoms with Crippen LogP contribution < -0.4 is 4.74 Å². The smallest absolute Gasteiger partial charge is 0.305 e. The first-order valence-electron chi connectivity index (χ1n) is 9.71. The van der Waals surface area contributed by atoms with E-state index in [4.69, 9.17) is 26.1 Å². The minimum absolute atomic E-state index is 0.155. The Morgan fingerprint density at radius 2 is 2.07 bits per heavy atom. The van der Waals surface area contributed by atoms with Crippen molar-refractivity contribution in [2.75, 3.05) is 19.0 Å². The quantitative estimate of drug-likeness (QED) is 0.240. The van der Waals surface area contributed by atoms with Gasteiger partial charge in [0.15, 0.2) is 5.16 Å². The molecule has 1 aromatic heterocycles. The SMILES string of the molecule is CCOC(=O)CCCn1c(SCCOc2ccc(Cl)c(C)c2)nc2ccccc21. The molecule has 3 aromatic rings.